The molecule has 0 aromatic carbocycles. The number of hydrogen-bond acceptors (Lipinski definition) is 5. The smallest absolute Gasteiger partial charge is 0.115 e. The maximum atomic E-state index is 5.39. The van der Waals surface area contributed by atoms with E-state index in [1.165, 1.54) is 29.8 Å². The Hall–Kier alpha value is -0.490. The van der Waals surface area contributed by atoms with Crippen LogP contribution in [0.25, 0.3) is 0 Å². The van der Waals surface area contributed by atoms with E-state index in [0.29, 0.717) is 13.2 Å². The molecule has 1 N–H and O–H groups in total. The molecule has 1 aliphatic rings. The minimum Gasteiger partial charge on any atom is -0.383 e. The first kappa shape index (κ1) is 14.9. The highest BCUT2D eigenvalue weighted by molar-refractivity contribution is 7.11. The van der Waals surface area contributed by atoms with Crippen LogP contribution in [-0.4, -0.2) is 39.0 Å². The zero-order valence-corrected chi connectivity index (χ0v) is 12.9. The van der Waals surface area contributed by atoms with Crippen LogP contribution in [-0.2, 0) is 27.9 Å². The third kappa shape index (κ3) is 3.54. The SMILES string of the molecule is COCCNC(C)(COC)c1nc2c(s1)CCCC2. The first-order chi connectivity index (χ1) is 9.19. The van der Waals surface area contributed by atoms with Crippen LogP contribution in [0.1, 0.15) is 35.3 Å². The second-order valence-corrected chi connectivity index (χ2v) is 6.36. The molecule has 0 radical (unpaired) electrons. The number of nitrogens with zero attached hydrogens (tertiary/aromatic N) is 1. The Morgan fingerprint density at radius 1 is 1.26 bits per heavy atom. The normalized spacial score (nSPS) is 18.1. The molecule has 0 bridgehead atoms. The zero-order chi connectivity index (χ0) is 13.7. The molecule has 1 aromatic heterocycles. The summed E-state index contributed by atoms with van der Waals surface area (Å²) in [7, 11) is 3.46. The van der Waals surface area contributed by atoms with E-state index >= 15 is 0 Å². The van der Waals surface area contributed by atoms with Crippen molar-refractivity contribution >= 4 is 11.3 Å². The van der Waals surface area contributed by atoms with E-state index in [9.17, 15) is 0 Å². The van der Waals surface area contributed by atoms with Gasteiger partial charge in [-0.15, -0.1) is 11.3 Å². The van der Waals surface area contributed by atoms with E-state index < -0.39 is 0 Å². The number of rotatable bonds is 7. The quantitative estimate of drug-likeness (QED) is 0.779. The summed E-state index contributed by atoms with van der Waals surface area (Å²) in [6.07, 6.45) is 4.89. The molecule has 108 valence electrons. The second-order valence-electron chi connectivity index (χ2n) is 5.28. The van der Waals surface area contributed by atoms with Crippen LogP contribution < -0.4 is 5.32 Å². The second kappa shape index (κ2) is 6.79. The van der Waals surface area contributed by atoms with E-state index in [2.05, 4.69) is 12.2 Å². The Bertz CT molecular complexity index is 385. The molecule has 0 spiro atoms. The monoisotopic (exact) mass is 284 g/mol. The zero-order valence-electron chi connectivity index (χ0n) is 12.1. The lowest BCUT2D eigenvalue weighted by Crippen LogP contribution is -2.44. The minimum atomic E-state index is -0.213. The van der Waals surface area contributed by atoms with Crippen molar-refractivity contribution in [3.63, 3.8) is 0 Å². The van der Waals surface area contributed by atoms with Gasteiger partial charge in [0, 0.05) is 25.6 Å². The van der Waals surface area contributed by atoms with Gasteiger partial charge < -0.3 is 14.8 Å². The topological polar surface area (TPSA) is 43.4 Å². The number of aromatic nitrogens is 1. The van der Waals surface area contributed by atoms with Gasteiger partial charge in [0.1, 0.15) is 5.01 Å². The average Bonchev–Trinajstić information content (AvgIpc) is 2.84. The molecule has 1 aromatic rings. The summed E-state index contributed by atoms with van der Waals surface area (Å²) < 4.78 is 10.5. The summed E-state index contributed by atoms with van der Waals surface area (Å²) in [6.45, 7) is 4.30. The third-order valence-electron chi connectivity index (χ3n) is 3.57. The van der Waals surface area contributed by atoms with Gasteiger partial charge in [0.15, 0.2) is 0 Å². The summed E-state index contributed by atoms with van der Waals surface area (Å²) in [5.41, 5.74) is 1.09. The number of ether oxygens (including phenoxy) is 2. The fraction of sp³-hybridized carbons (Fsp3) is 0.786. The highest BCUT2D eigenvalue weighted by Crippen LogP contribution is 2.32. The molecule has 1 heterocycles. The Kier molecular flexibility index (Phi) is 5.33. The van der Waals surface area contributed by atoms with Crippen LogP contribution >= 0.6 is 11.3 Å². The summed E-state index contributed by atoms with van der Waals surface area (Å²) in [4.78, 5) is 6.32. The van der Waals surface area contributed by atoms with Crippen LogP contribution in [0.15, 0.2) is 0 Å². The number of nitrogens with one attached hydrogen (secondary N) is 1. The molecule has 0 amide bonds. The van der Waals surface area contributed by atoms with Crippen molar-refractivity contribution in [2.75, 3.05) is 34.0 Å². The van der Waals surface area contributed by atoms with E-state index in [-0.39, 0.29) is 5.54 Å². The maximum Gasteiger partial charge on any atom is 0.115 e. The first-order valence-electron chi connectivity index (χ1n) is 6.91. The molecule has 0 saturated carbocycles. The number of fused-ring (bicyclic) bond motifs is 1. The fourth-order valence-electron chi connectivity index (χ4n) is 2.49. The van der Waals surface area contributed by atoms with Crippen molar-refractivity contribution in [1.82, 2.24) is 10.3 Å². The van der Waals surface area contributed by atoms with Crippen molar-refractivity contribution < 1.29 is 9.47 Å². The lowest BCUT2D eigenvalue weighted by molar-refractivity contribution is 0.108. The molecular formula is C14H24N2O2S. The Balaban J connectivity index is 2.14. The average molecular weight is 284 g/mol. The van der Waals surface area contributed by atoms with Crippen LogP contribution in [0.3, 0.4) is 0 Å². The van der Waals surface area contributed by atoms with Gasteiger partial charge in [-0.25, -0.2) is 4.98 Å². The largest absolute Gasteiger partial charge is 0.383 e. The highest BCUT2D eigenvalue weighted by Gasteiger charge is 2.31. The molecule has 1 atom stereocenters. The van der Waals surface area contributed by atoms with Gasteiger partial charge in [-0.2, -0.15) is 0 Å². The third-order valence-corrected chi connectivity index (χ3v) is 4.99. The highest BCUT2D eigenvalue weighted by atomic mass is 32.1. The van der Waals surface area contributed by atoms with Crippen molar-refractivity contribution in [3.8, 4) is 0 Å². The van der Waals surface area contributed by atoms with Crippen LogP contribution in [0.5, 0.6) is 0 Å². The van der Waals surface area contributed by atoms with Crippen molar-refractivity contribution in [1.29, 1.82) is 0 Å². The van der Waals surface area contributed by atoms with E-state index in [4.69, 9.17) is 14.5 Å². The summed E-state index contributed by atoms with van der Waals surface area (Å²) in [6, 6.07) is 0. The van der Waals surface area contributed by atoms with Gasteiger partial charge in [-0.05, 0) is 32.6 Å². The first-order valence-corrected chi connectivity index (χ1v) is 7.73. The van der Waals surface area contributed by atoms with Gasteiger partial charge in [0.25, 0.3) is 0 Å². The predicted octanol–water partition coefficient (Wildman–Crippen LogP) is 2.12. The molecule has 0 saturated heterocycles. The molecule has 1 aliphatic carbocycles. The summed E-state index contributed by atoms with van der Waals surface area (Å²) in [5.74, 6) is 0. The Morgan fingerprint density at radius 3 is 2.74 bits per heavy atom. The predicted molar refractivity (Wildman–Crippen MR) is 77.9 cm³/mol. The fourth-order valence-corrected chi connectivity index (χ4v) is 3.75. The number of methoxy groups -OCH3 is 2. The standard InChI is InChI=1S/C14H24N2O2S/c1-14(10-18-3,15-8-9-17-2)13-16-11-6-4-5-7-12(11)19-13/h15H,4-10H2,1-3H3. The molecule has 0 aliphatic heterocycles. The molecular weight excluding hydrogens is 260 g/mol. The lowest BCUT2D eigenvalue weighted by atomic mass is 10.0. The van der Waals surface area contributed by atoms with Gasteiger partial charge in [-0.3, -0.25) is 0 Å². The number of hydrogen-bond donors (Lipinski definition) is 1. The molecule has 2 rings (SSSR count). The van der Waals surface area contributed by atoms with Gasteiger partial charge in [0.2, 0.25) is 0 Å². The van der Waals surface area contributed by atoms with Gasteiger partial charge in [-0.1, -0.05) is 0 Å². The van der Waals surface area contributed by atoms with Crippen LogP contribution in [0, 0.1) is 0 Å². The number of thiazole rings is 1. The molecule has 0 fully saturated rings. The lowest BCUT2D eigenvalue weighted by Gasteiger charge is -2.28. The van der Waals surface area contributed by atoms with Crippen molar-refractivity contribution in [2.45, 2.75) is 38.1 Å². The van der Waals surface area contributed by atoms with E-state index in [1.54, 1.807) is 14.2 Å². The van der Waals surface area contributed by atoms with E-state index in [1.807, 2.05) is 11.3 Å². The number of aryl methyl sites for hydroxylation is 2. The van der Waals surface area contributed by atoms with Gasteiger partial charge >= 0.3 is 0 Å². The van der Waals surface area contributed by atoms with E-state index in [0.717, 1.165) is 18.0 Å². The summed E-state index contributed by atoms with van der Waals surface area (Å²) >= 11 is 1.85. The molecule has 4 nitrogen and oxygen atoms in total. The van der Waals surface area contributed by atoms with Crippen LogP contribution in [0.2, 0.25) is 0 Å². The minimum absolute atomic E-state index is 0.213. The van der Waals surface area contributed by atoms with Crippen LogP contribution in [0.4, 0.5) is 0 Å². The van der Waals surface area contributed by atoms with Gasteiger partial charge in [0.05, 0.1) is 24.4 Å². The molecule has 1 unspecified atom stereocenters. The van der Waals surface area contributed by atoms with Crippen molar-refractivity contribution in [2.24, 2.45) is 0 Å². The molecule has 5 heteroatoms. The molecule has 19 heavy (non-hydrogen) atoms. The maximum absolute atomic E-state index is 5.39. The Labute approximate surface area is 119 Å². The van der Waals surface area contributed by atoms with Crippen molar-refractivity contribution in [3.05, 3.63) is 15.6 Å². The summed E-state index contributed by atoms with van der Waals surface area (Å²) in [5, 5.41) is 4.67. The Morgan fingerprint density at radius 2 is 2.05 bits per heavy atom.